The molecular weight excluding hydrogens is 394 g/mol. The minimum atomic E-state index is -0.715. The van der Waals surface area contributed by atoms with Crippen LogP contribution >= 0.6 is 0 Å². The zero-order valence-corrected chi connectivity index (χ0v) is 17.2. The van der Waals surface area contributed by atoms with Crippen LogP contribution in [0.1, 0.15) is 65.4 Å². The summed E-state index contributed by atoms with van der Waals surface area (Å²) < 4.78 is 5.22. The summed E-state index contributed by atoms with van der Waals surface area (Å²) in [7, 11) is 0. The molecule has 0 unspecified atom stereocenters. The van der Waals surface area contributed by atoms with Crippen molar-refractivity contribution in [3.63, 3.8) is 0 Å². The Morgan fingerprint density at radius 1 is 1.00 bits per heavy atom. The Bertz CT molecular complexity index is 1020. The second-order valence-electron chi connectivity index (χ2n) is 8.07. The largest absolute Gasteiger partial charge is 0.481 e. The molecule has 31 heavy (non-hydrogen) atoms. The molecule has 2 aromatic carbocycles. The van der Waals surface area contributed by atoms with Crippen LogP contribution in [0.4, 0.5) is 5.95 Å². The number of carboxylic acid groups (broad SMARTS) is 1. The van der Waals surface area contributed by atoms with Crippen molar-refractivity contribution in [2.75, 3.05) is 5.32 Å². The summed E-state index contributed by atoms with van der Waals surface area (Å²) in [6.07, 6.45) is 4.60. The number of aliphatic carboxylic acids is 1. The summed E-state index contributed by atoms with van der Waals surface area (Å²) in [5.41, 5.74) is 2.77. The first-order valence-corrected chi connectivity index (χ1v) is 10.6. The second kappa shape index (κ2) is 9.55. The van der Waals surface area contributed by atoms with E-state index in [1.165, 1.54) is 5.56 Å². The summed E-state index contributed by atoms with van der Waals surface area (Å²) in [5, 5.41) is 15.5. The van der Waals surface area contributed by atoms with Gasteiger partial charge in [0.05, 0.1) is 6.42 Å². The van der Waals surface area contributed by atoms with Gasteiger partial charge in [0.2, 0.25) is 5.89 Å². The molecule has 2 N–H and O–H groups in total. The number of aromatic nitrogens is 2. The molecule has 1 amide bonds. The highest BCUT2D eigenvalue weighted by Gasteiger charge is 2.24. The highest BCUT2D eigenvalue weighted by Crippen LogP contribution is 2.37. The van der Waals surface area contributed by atoms with Gasteiger partial charge in [-0.1, -0.05) is 42.5 Å². The SMILES string of the molecule is O=C(O)C[C@H]1CC[C@H](c2ccc(C(=O)Nc3noc(Cc4ccccc4)n3)cc2)CC1. The van der Waals surface area contributed by atoms with E-state index in [1.54, 1.807) is 12.1 Å². The van der Waals surface area contributed by atoms with Crippen molar-refractivity contribution in [2.24, 2.45) is 5.92 Å². The number of hydrogen-bond donors (Lipinski definition) is 2. The van der Waals surface area contributed by atoms with Crippen molar-refractivity contribution < 1.29 is 19.2 Å². The Kier molecular flexibility index (Phi) is 6.40. The van der Waals surface area contributed by atoms with Gasteiger partial charge in [0.15, 0.2) is 0 Å². The molecule has 3 aromatic rings. The van der Waals surface area contributed by atoms with Gasteiger partial charge in [0, 0.05) is 12.0 Å². The lowest BCUT2D eigenvalue weighted by atomic mass is 9.77. The average Bonchev–Trinajstić information content (AvgIpc) is 3.21. The number of benzene rings is 2. The van der Waals surface area contributed by atoms with Crippen molar-refractivity contribution in [1.29, 1.82) is 0 Å². The van der Waals surface area contributed by atoms with Crippen molar-refractivity contribution in [3.8, 4) is 0 Å². The third-order valence-corrected chi connectivity index (χ3v) is 5.85. The Balaban J connectivity index is 1.31. The lowest BCUT2D eigenvalue weighted by molar-refractivity contribution is -0.138. The van der Waals surface area contributed by atoms with Gasteiger partial charge < -0.3 is 9.63 Å². The average molecular weight is 419 g/mol. The molecule has 0 spiro atoms. The molecule has 1 aliphatic rings. The molecule has 1 aliphatic carbocycles. The lowest BCUT2D eigenvalue weighted by Gasteiger charge is -2.28. The predicted molar refractivity (Wildman–Crippen MR) is 115 cm³/mol. The third-order valence-electron chi connectivity index (χ3n) is 5.85. The number of hydrogen-bond acceptors (Lipinski definition) is 5. The van der Waals surface area contributed by atoms with Crippen molar-refractivity contribution in [1.82, 2.24) is 10.1 Å². The number of amides is 1. The lowest BCUT2D eigenvalue weighted by Crippen LogP contribution is -2.16. The van der Waals surface area contributed by atoms with Crippen LogP contribution in [0.15, 0.2) is 59.1 Å². The number of anilines is 1. The molecule has 0 atom stereocenters. The van der Waals surface area contributed by atoms with Crippen molar-refractivity contribution >= 4 is 17.8 Å². The Hall–Kier alpha value is -3.48. The summed E-state index contributed by atoms with van der Waals surface area (Å²) in [4.78, 5) is 27.6. The maximum absolute atomic E-state index is 12.5. The first kappa shape index (κ1) is 20.8. The highest BCUT2D eigenvalue weighted by molar-refractivity contribution is 6.03. The molecule has 7 nitrogen and oxygen atoms in total. The number of rotatable bonds is 7. The van der Waals surface area contributed by atoms with Gasteiger partial charge in [-0.3, -0.25) is 14.9 Å². The molecule has 0 aliphatic heterocycles. The van der Waals surface area contributed by atoms with Gasteiger partial charge in [-0.15, -0.1) is 0 Å². The van der Waals surface area contributed by atoms with E-state index in [0.29, 0.717) is 23.8 Å². The Morgan fingerprint density at radius 2 is 1.71 bits per heavy atom. The van der Waals surface area contributed by atoms with E-state index in [9.17, 15) is 9.59 Å². The predicted octanol–water partition coefficient (Wildman–Crippen LogP) is 4.66. The van der Waals surface area contributed by atoms with Gasteiger partial charge in [0.25, 0.3) is 11.9 Å². The molecule has 0 bridgehead atoms. The van der Waals surface area contributed by atoms with Crippen LogP contribution in [0.5, 0.6) is 0 Å². The van der Waals surface area contributed by atoms with Gasteiger partial charge in [-0.2, -0.15) is 4.98 Å². The minimum Gasteiger partial charge on any atom is -0.481 e. The fraction of sp³-hybridized carbons (Fsp3) is 0.333. The summed E-state index contributed by atoms with van der Waals surface area (Å²) in [6.45, 7) is 0. The number of nitrogens with zero attached hydrogens (tertiary/aromatic N) is 2. The summed E-state index contributed by atoms with van der Waals surface area (Å²) >= 11 is 0. The molecule has 4 rings (SSSR count). The molecule has 1 saturated carbocycles. The number of carbonyl (C=O) groups is 2. The number of nitrogens with one attached hydrogen (secondary N) is 1. The van der Waals surface area contributed by atoms with Gasteiger partial charge in [-0.25, -0.2) is 0 Å². The molecule has 160 valence electrons. The van der Waals surface area contributed by atoms with Crippen LogP contribution in [0.2, 0.25) is 0 Å². The second-order valence-corrected chi connectivity index (χ2v) is 8.07. The zero-order valence-electron chi connectivity index (χ0n) is 17.2. The molecule has 7 heteroatoms. The van der Waals surface area contributed by atoms with E-state index in [1.807, 2.05) is 42.5 Å². The standard InChI is InChI=1S/C24H25N3O4/c28-22(29)15-17-6-8-18(9-7-17)19-10-12-20(13-11-19)23(30)26-24-25-21(31-27-24)14-16-4-2-1-3-5-16/h1-5,10-13,17-18H,6-9,14-15H2,(H,28,29)(H,26,27,30)/t17-,18-. The monoisotopic (exact) mass is 419 g/mol. The van der Waals surface area contributed by atoms with E-state index >= 15 is 0 Å². The topological polar surface area (TPSA) is 105 Å². The minimum absolute atomic E-state index is 0.150. The quantitative estimate of drug-likeness (QED) is 0.577. The molecule has 0 saturated heterocycles. The molecule has 0 radical (unpaired) electrons. The summed E-state index contributed by atoms with van der Waals surface area (Å²) in [6, 6.07) is 17.4. The maximum atomic E-state index is 12.5. The third kappa shape index (κ3) is 5.57. The van der Waals surface area contributed by atoms with Gasteiger partial charge >= 0.3 is 5.97 Å². The number of carboxylic acids is 1. The van der Waals surface area contributed by atoms with Crippen LogP contribution < -0.4 is 5.32 Å². The first-order chi connectivity index (χ1) is 15.1. The first-order valence-electron chi connectivity index (χ1n) is 10.6. The fourth-order valence-corrected chi connectivity index (χ4v) is 4.18. The smallest absolute Gasteiger partial charge is 0.303 e. The van der Waals surface area contributed by atoms with Gasteiger partial charge in [0.1, 0.15) is 0 Å². The van der Waals surface area contributed by atoms with Crippen LogP contribution in [0, 0.1) is 5.92 Å². The van der Waals surface area contributed by atoms with Crippen LogP contribution in [0.25, 0.3) is 0 Å². The summed E-state index contributed by atoms with van der Waals surface area (Å²) in [5.74, 6) is 0.281. The van der Waals surface area contributed by atoms with Gasteiger partial charge in [-0.05, 0) is 65.9 Å². The zero-order chi connectivity index (χ0) is 21.6. The maximum Gasteiger partial charge on any atom is 0.303 e. The van der Waals surface area contributed by atoms with E-state index < -0.39 is 5.97 Å². The molecule has 1 aromatic heterocycles. The van der Waals surface area contributed by atoms with E-state index in [2.05, 4.69) is 15.5 Å². The molecule has 1 heterocycles. The van der Waals surface area contributed by atoms with Crippen molar-refractivity contribution in [3.05, 3.63) is 77.2 Å². The van der Waals surface area contributed by atoms with Crippen LogP contribution in [-0.4, -0.2) is 27.1 Å². The van der Waals surface area contributed by atoms with E-state index in [-0.39, 0.29) is 24.2 Å². The fourth-order valence-electron chi connectivity index (χ4n) is 4.18. The Labute approximate surface area is 180 Å². The van der Waals surface area contributed by atoms with Crippen LogP contribution in [0.3, 0.4) is 0 Å². The molecular formula is C24H25N3O4. The van der Waals surface area contributed by atoms with Crippen LogP contribution in [-0.2, 0) is 11.2 Å². The highest BCUT2D eigenvalue weighted by atomic mass is 16.5. The molecule has 1 fully saturated rings. The number of carbonyl (C=O) groups excluding carboxylic acids is 1. The van der Waals surface area contributed by atoms with Crippen molar-refractivity contribution in [2.45, 2.75) is 44.4 Å². The van der Waals surface area contributed by atoms with E-state index in [4.69, 9.17) is 9.63 Å². The van der Waals surface area contributed by atoms with E-state index in [0.717, 1.165) is 31.2 Å². The normalized spacial score (nSPS) is 18.5. The Morgan fingerprint density at radius 3 is 2.39 bits per heavy atom.